The zero-order valence-electron chi connectivity index (χ0n) is 23.6. The minimum atomic E-state index is -1.12. The fourth-order valence-electron chi connectivity index (χ4n) is 4.57. The molecule has 0 radical (unpaired) electrons. The van der Waals surface area contributed by atoms with Gasteiger partial charge in [-0.3, -0.25) is 9.20 Å². The van der Waals surface area contributed by atoms with Gasteiger partial charge in [0.1, 0.15) is 12.6 Å². The molecule has 0 aliphatic carbocycles. The van der Waals surface area contributed by atoms with Crippen LogP contribution >= 0.6 is 0 Å². The van der Waals surface area contributed by atoms with E-state index in [0.717, 1.165) is 21.9 Å². The van der Waals surface area contributed by atoms with Crippen LogP contribution < -0.4 is 16.4 Å². The average Bonchev–Trinajstić information content (AvgIpc) is 3.43. The molecule has 0 saturated heterocycles. The van der Waals surface area contributed by atoms with Crippen LogP contribution in [0.3, 0.4) is 0 Å². The van der Waals surface area contributed by atoms with Crippen molar-refractivity contribution in [2.75, 3.05) is 6.61 Å². The van der Waals surface area contributed by atoms with E-state index in [-0.39, 0.29) is 26.5 Å². The molecule has 0 unspecified atom stereocenters. The molecule has 0 saturated carbocycles. The van der Waals surface area contributed by atoms with Crippen molar-refractivity contribution in [3.05, 3.63) is 114 Å². The third-order valence-electron chi connectivity index (χ3n) is 6.79. The molecule has 0 aliphatic rings. The van der Waals surface area contributed by atoms with Gasteiger partial charge >= 0.3 is 6.09 Å². The SMILES string of the molecule is C.CC(C)(N)C(=O)N[C@H](COCc1ccccc1)c1nnc2cccc(COC(=O)NCc3cccc4ccccc34)n12. The molecule has 4 N–H and O–H groups in total. The number of ether oxygens (including phenoxy) is 2. The largest absolute Gasteiger partial charge is 0.443 e. The third-order valence-corrected chi connectivity index (χ3v) is 6.79. The van der Waals surface area contributed by atoms with E-state index in [1.165, 1.54) is 0 Å². The van der Waals surface area contributed by atoms with Crippen LogP contribution in [0, 0.1) is 0 Å². The third kappa shape index (κ3) is 7.73. The summed E-state index contributed by atoms with van der Waals surface area (Å²) in [5.41, 5.74) is 8.10. The van der Waals surface area contributed by atoms with Gasteiger partial charge in [0.15, 0.2) is 11.5 Å². The Morgan fingerprint density at radius 2 is 1.63 bits per heavy atom. The van der Waals surface area contributed by atoms with Crippen molar-refractivity contribution >= 4 is 28.4 Å². The molecular weight excluding hydrogens is 544 g/mol. The molecule has 10 heteroatoms. The maximum atomic E-state index is 12.9. The van der Waals surface area contributed by atoms with Crippen LogP contribution in [0.25, 0.3) is 16.4 Å². The summed E-state index contributed by atoms with van der Waals surface area (Å²) in [6.45, 7) is 4.01. The van der Waals surface area contributed by atoms with Crippen molar-refractivity contribution in [1.29, 1.82) is 0 Å². The van der Waals surface area contributed by atoms with Gasteiger partial charge in [0.05, 0.1) is 24.4 Å². The molecule has 43 heavy (non-hydrogen) atoms. The van der Waals surface area contributed by atoms with E-state index in [1.54, 1.807) is 24.3 Å². The predicted molar refractivity (Wildman–Crippen MR) is 166 cm³/mol. The first-order chi connectivity index (χ1) is 20.3. The number of fused-ring (bicyclic) bond motifs is 2. The van der Waals surface area contributed by atoms with Crippen LogP contribution in [0.15, 0.2) is 91.0 Å². The van der Waals surface area contributed by atoms with Crippen molar-refractivity contribution in [2.45, 2.75) is 52.6 Å². The molecule has 224 valence electrons. The highest BCUT2D eigenvalue weighted by Crippen LogP contribution is 2.20. The van der Waals surface area contributed by atoms with Crippen LogP contribution in [-0.2, 0) is 34.0 Å². The quantitative estimate of drug-likeness (QED) is 0.198. The summed E-state index contributed by atoms with van der Waals surface area (Å²) < 4.78 is 13.3. The lowest BCUT2D eigenvalue weighted by Gasteiger charge is -2.24. The first-order valence-corrected chi connectivity index (χ1v) is 13.7. The number of nitrogens with zero attached hydrogens (tertiary/aromatic N) is 3. The summed E-state index contributed by atoms with van der Waals surface area (Å²) in [4.78, 5) is 25.6. The van der Waals surface area contributed by atoms with E-state index < -0.39 is 17.7 Å². The van der Waals surface area contributed by atoms with Gasteiger partial charge in [-0.1, -0.05) is 86.3 Å². The molecule has 3 aromatic carbocycles. The van der Waals surface area contributed by atoms with Crippen LogP contribution in [0.5, 0.6) is 0 Å². The second kappa shape index (κ2) is 13.9. The topological polar surface area (TPSA) is 133 Å². The van der Waals surface area contributed by atoms with Crippen LogP contribution in [0.1, 0.15) is 50.0 Å². The summed E-state index contributed by atoms with van der Waals surface area (Å²) >= 11 is 0. The van der Waals surface area contributed by atoms with Gasteiger partial charge in [-0.05, 0) is 47.9 Å². The number of alkyl carbamates (subject to hydrolysis) is 1. The monoisotopic (exact) mass is 582 g/mol. The number of carbonyl (C=O) groups is 2. The molecule has 0 aliphatic heterocycles. The lowest BCUT2D eigenvalue weighted by molar-refractivity contribution is -0.126. The minimum Gasteiger partial charge on any atom is -0.443 e. The number of nitrogens with one attached hydrogen (secondary N) is 2. The van der Waals surface area contributed by atoms with E-state index >= 15 is 0 Å². The lowest BCUT2D eigenvalue weighted by atomic mass is 10.0. The number of nitrogens with two attached hydrogens (primary N) is 1. The second-order valence-electron chi connectivity index (χ2n) is 10.6. The minimum absolute atomic E-state index is 0. The average molecular weight is 583 g/mol. The maximum absolute atomic E-state index is 12.9. The number of carbonyl (C=O) groups excluding carboxylic acids is 2. The van der Waals surface area contributed by atoms with Gasteiger partial charge in [-0.25, -0.2) is 4.79 Å². The molecule has 0 bridgehead atoms. The Balaban J connectivity index is 0.00000423. The summed E-state index contributed by atoms with van der Waals surface area (Å²) in [6.07, 6.45) is -0.560. The first kappa shape index (κ1) is 31.1. The zero-order chi connectivity index (χ0) is 29.5. The van der Waals surface area contributed by atoms with Crippen LogP contribution in [0.2, 0.25) is 0 Å². The summed E-state index contributed by atoms with van der Waals surface area (Å²) in [5, 5.41) is 16.6. The van der Waals surface area contributed by atoms with E-state index in [2.05, 4.69) is 20.8 Å². The standard InChI is InChI=1S/C32H34N6O4.CH4/c1-32(2,33)30(39)35-27(21-41-19-22-10-4-3-5-11-22)29-37-36-28-17-9-15-25(38(28)29)20-42-31(40)34-18-24-14-8-13-23-12-6-7-16-26(23)24;/h3-17,27H,18-21,33H2,1-2H3,(H,34,40)(H,35,39);1H4/t27-;/m1./s1. The fourth-order valence-corrected chi connectivity index (χ4v) is 4.57. The maximum Gasteiger partial charge on any atom is 0.407 e. The number of hydrogen-bond donors (Lipinski definition) is 3. The second-order valence-corrected chi connectivity index (χ2v) is 10.6. The number of aromatic nitrogens is 3. The van der Waals surface area contributed by atoms with Gasteiger partial charge in [-0.2, -0.15) is 0 Å². The molecule has 1 atom stereocenters. The van der Waals surface area contributed by atoms with E-state index in [0.29, 0.717) is 30.3 Å². The first-order valence-electron chi connectivity index (χ1n) is 13.7. The molecule has 5 rings (SSSR count). The molecule has 2 heterocycles. The summed E-state index contributed by atoms with van der Waals surface area (Å²) in [6, 6.07) is 28.5. The molecule has 2 aromatic heterocycles. The van der Waals surface area contributed by atoms with Crippen molar-refractivity contribution < 1.29 is 19.1 Å². The van der Waals surface area contributed by atoms with Crippen molar-refractivity contribution in [3.8, 4) is 0 Å². The van der Waals surface area contributed by atoms with E-state index in [1.807, 2.05) is 84.9 Å². The molecule has 5 aromatic rings. The Labute approximate surface area is 251 Å². The molecule has 0 spiro atoms. The highest BCUT2D eigenvalue weighted by atomic mass is 16.5. The van der Waals surface area contributed by atoms with Gasteiger partial charge in [-0.15, -0.1) is 10.2 Å². The Bertz CT molecular complexity index is 1670. The normalized spacial score (nSPS) is 12.0. The van der Waals surface area contributed by atoms with Crippen molar-refractivity contribution in [3.63, 3.8) is 0 Å². The molecule has 0 fully saturated rings. The predicted octanol–water partition coefficient (Wildman–Crippen LogP) is 5.06. The Morgan fingerprint density at radius 3 is 2.42 bits per heavy atom. The molecular formula is C33H38N6O4. The smallest absolute Gasteiger partial charge is 0.407 e. The van der Waals surface area contributed by atoms with Crippen LogP contribution in [0.4, 0.5) is 4.79 Å². The van der Waals surface area contributed by atoms with E-state index in [4.69, 9.17) is 15.2 Å². The zero-order valence-corrected chi connectivity index (χ0v) is 23.6. The van der Waals surface area contributed by atoms with Gasteiger partial charge in [0, 0.05) is 6.54 Å². The highest BCUT2D eigenvalue weighted by Gasteiger charge is 2.28. The summed E-state index contributed by atoms with van der Waals surface area (Å²) in [5.74, 6) is 0.0696. The van der Waals surface area contributed by atoms with Crippen molar-refractivity contribution in [2.24, 2.45) is 5.73 Å². The number of pyridine rings is 1. The molecule has 10 nitrogen and oxygen atoms in total. The van der Waals surface area contributed by atoms with Gasteiger partial charge in [0.2, 0.25) is 5.91 Å². The lowest BCUT2D eigenvalue weighted by Crippen LogP contribution is -2.51. The van der Waals surface area contributed by atoms with Gasteiger partial charge in [0.25, 0.3) is 0 Å². The van der Waals surface area contributed by atoms with Crippen LogP contribution in [-0.4, -0.2) is 38.7 Å². The van der Waals surface area contributed by atoms with Crippen molar-refractivity contribution in [1.82, 2.24) is 25.2 Å². The number of benzene rings is 3. The number of hydrogen-bond acceptors (Lipinski definition) is 7. The van der Waals surface area contributed by atoms with Gasteiger partial charge < -0.3 is 25.8 Å². The van der Waals surface area contributed by atoms with E-state index in [9.17, 15) is 9.59 Å². The number of rotatable bonds is 11. The Kier molecular flexibility index (Phi) is 10.1. The fraction of sp³-hybridized carbons (Fsp3) is 0.273. The Morgan fingerprint density at radius 1 is 0.907 bits per heavy atom. The Hall–Kier alpha value is -4.80. The summed E-state index contributed by atoms with van der Waals surface area (Å²) in [7, 11) is 0. The number of amides is 2. The highest BCUT2D eigenvalue weighted by molar-refractivity contribution is 5.86. The molecule has 2 amide bonds.